The second kappa shape index (κ2) is 8.96. The van der Waals surface area contributed by atoms with Gasteiger partial charge < -0.3 is 23.8 Å². The largest absolute Gasteiger partial charge is 0.497 e. The number of hydrogen-bond acceptors (Lipinski definition) is 6. The van der Waals surface area contributed by atoms with E-state index in [0.717, 1.165) is 49.8 Å². The average Bonchev–Trinajstić information content (AvgIpc) is 3.75. The minimum atomic E-state index is -0.915. The number of carbonyl (C=O) groups is 1. The van der Waals surface area contributed by atoms with E-state index in [2.05, 4.69) is 17.0 Å². The van der Waals surface area contributed by atoms with E-state index in [-0.39, 0.29) is 41.2 Å². The highest BCUT2D eigenvalue weighted by Crippen LogP contribution is 2.75. The molecule has 42 heavy (non-hydrogen) atoms. The monoisotopic (exact) mass is 574 g/mol. The molecule has 5 aliphatic carbocycles. The lowest BCUT2D eigenvalue weighted by molar-refractivity contribution is -0.198. The molecule has 2 aliphatic heterocycles. The zero-order valence-corrected chi connectivity index (χ0v) is 24.9. The molecule has 5 atom stereocenters. The molecule has 4 bridgehead atoms. The van der Waals surface area contributed by atoms with Gasteiger partial charge in [-0.25, -0.2) is 4.39 Å². The summed E-state index contributed by atoms with van der Waals surface area (Å²) in [7, 11) is 6.71. The van der Waals surface area contributed by atoms with Crippen LogP contribution in [0.2, 0.25) is 0 Å². The van der Waals surface area contributed by atoms with Crippen molar-refractivity contribution in [3.63, 3.8) is 0 Å². The van der Waals surface area contributed by atoms with Gasteiger partial charge in [0.15, 0.2) is 11.5 Å². The first kappa shape index (κ1) is 26.5. The summed E-state index contributed by atoms with van der Waals surface area (Å²) in [5, 5.41) is 0. The standard InChI is InChI=1S/C34H39FN2O5/c1-36(19-22-15-23(39-2)8-9-25(22)35)30(38)24-17-32-11-12-34(24,41-4)31-33(32)13-14-37(18-20-5-6-20)27(32)16-21-7-10-26(40-3)29(42-31)28(21)33/h7-10,15,17,20,27,31H,5-6,11-14,16,18-19H2,1-4H3/t27-,31-,32-,33+,34-/m1/s1. The Labute approximate surface area is 246 Å². The Morgan fingerprint density at radius 2 is 1.95 bits per heavy atom. The molecule has 0 N–H and O–H groups in total. The number of hydrogen-bond donors (Lipinski definition) is 0. The van der Waals surface area contributed by atoms with Gasteiger partial charge >= 0.3 is 0 Å². The number of methoxy groups -OCH3 is 3. The Bertz CT molecular complexity index is 1520. The molecule has 1 saturated heterocycles. The van der Waals surface area contributed by atoms with E-state index >= 15 is 0 Å². The molecular formula is C34H39FN2O5. The van der Waals surface area contributed by atoms with Gasteiger partial charge in [-0.15, -0.1) is 0 Å². The third-order valence-electron chi connectivity index (χ3n) is 11.6. The minimum Gasteiger partial charge on any atom is -0.497 e. The Kier molecular flexibility index (Phi) is 5.66. The third-order valence-corrected chi connectivity index (χ3v) is 11.6. The molecule has 0 radical (unpaired) electrons. The quantitative estimate of drug-likeness (QED) is 0.458. The molecule has 2 heterocycles. The fourth-order valence-electron chi connectivity index (χ4n) is 9.58. The molecule has 2 aromatic rings. The number of carbonyl (C=O) groups excluding carboxylic acids is 1. The topological polar surface area (TPSA) is 60.5 Å². The van der Waals surface area contributed by atoms with Crippen LogP contribution in [0.1, 0.15) is 48.8 Å². The van der Waals surface area contributed by atoms with Crippen LogP contribution in [0.3, 0.4) is 0 Å². The average molecular weight is 575 g/mol. The van der Waals surface area contributed by atoms with Crippen molar-refractivity contribution in [2.45, 2.75) is 68.2 Å². The van der Waals surface area contributed by atoms with Crippen molar-refractivity contribution < 1.29 is 28.1 Å². The second-order valence-corrected chi connectivity index (χ2v) is 13.3. The van der Waals surface area contributed by atoms with Crippen LogP contribution in [-0.4, -0.2) is 74.9 Å². The van der Waals surface area contributed by atoms with E-state index in [1.807, 2.05) is 6.07 Å². The Balaban J connectivity index is 1.27. The third kappa shape index (κ3) is 3.20. The van der Waals surface area contributed by atoms with E-state index < -0.39 is 5.60 Å². The van der Waals surface area contributed by atoms with E-state index in [1.54, 1.807) is 45.4 Å². The first-order valence-corrected chi connectivity index (χ1v) is 15.3. The maximum atomic E-state index is 14.8. The lowest BCUT2D eigenvalue weighted by atomic mass is 9.37. The molecule has 2 saturated carbocycles. The lowest BCUT2D eigenvalue weighted by Gasteiger charge is -2.70. The molecule has 7 aliphatic rings. The van der Waals surface area contributed by atoms with Crippen LogP contribution in [-0.2, 0) is 27.9 Å². The second-order valence-electron chi connectivity index (χ2n) is 13.3. The first-order chi connectivity index (χ1) is 20.3. The Morgan fingerprint density at radius 3 is 2.69 bits per heavy atom. The number of fused-ring (bicyclic) bond motifs is 1. The Hall–Kier alpha value is -3.10. The summed E-state index contributed by atoms with van der Waals surface area (Å²) in [4.78, 5) is 18.8. The maximum absolute atomic E-state index is 14.8. The highest BCUT2D eigenvalue weighted by atomic mass is 19.1. The van der Waals surface area contributed by atoms with Crippen LogP contribution in [0.5, 0.6) is 17.2 Å². The number of halogens is 1. The summed E-state index contributed by atoms with van der Waals surface area (Å²) < 4.78 is 39.5. The van der Waals surface area contributed by atoms with E-state index in [0.29, 0.717) is 23.3 Å². The number of amides is 1. The number of rotatable bonds is 8. The molecule has 1 amide bonds. The van der Waals surface area contributed by atoms with Gasteiger partial charge in [-0.1, -0.05) is 12.1 Å². The van der Waals surface area contributed by atoms with Crippen molar-refractivity contribution in [2.75, 3.05) is 41.5 Å². The fourth-order valence-corrected chi connectivity index (χ4v) is 9.58. The van der Waals surface area contributed by atoms with Crippen molar-refractivity contribution in [3.8, 4) is 17.2 Å². The predicted molar refractivity (Wildman–Crippen MR) is 154 cm³/mol. The molecule has 8 heteroatoms. The molecule has 9 rings (SSSR count). The first-order valence-electron chi connectivity index (χ1n) is 15.3. The molecule has 0 unspecified atom stereocenters. The van der Waals surface area contributed by atoms with Gasteiger partial charge in [0.25, 0.3) is 5.91 Å². The molecule has 2 spiro atoms. The van der Waals surface area contributed by atoms with E-state index in [4.69, 9.17) is 18.9 Å². The summed E-state index contributed by atoms with van der Waals surface area (Å²) in [5.41, 5.74) is 2.23. The number of ether oxygens (including phenoxy) is 4. The molecule has 7 nitrogen and oxygen atoms in total. The van der Waals surface area contributed by atoms with Gasteiger partial charge in [-0.3, -0.25) is 9.69 Å². The number of nitrogens with zero attached hydrogens (tertiary/aromatic N) is 2. The normalized spacial score (nSPS) is 33.5. The van der Waals surface area contributed by atoms with Crippen LogP contribution >= 0.6 is 0 Å². The van der Waals surface area contributed by atoms with Crippen molar-refractivity contribution in [2.24, 2.45) is 11.3 Å². The van der Waals surface area contributed by atoms with Gasteiger partial charge in [-0.05, 0) is 80.8 Å². The van der Waals surface area contributed by atoms with Crippen LogP contribution in [0.4, 0.5) is 4.39 Å². The van der Waals surface area contributed by atoms with Gasteiger partial charge in [0.05, 0.1) is 19.6 Å². The van der Waals surface area contributed by atoms with Crippen LogP contribution in [0.15, 0.2) is 42.0 Å². The Morgan fingerprint density at radius 1 is 1.12 bits per heavy atom. The zero-order valence-electron chi connectivity index (χ0n) is 24.9. The fraction of sp³-hybridized carbons (Fsp3) is 0.559. The molecule has 2 aromatic carbocycles. The van der Waals surface area contributed by atoms with Gasteiger partial charge in [0, 0.05) is 55.4 Å². The highest BCUT2D eigenvalue weighted by Gasteiger charge is 2.79. The number of likely N-dealkylation sites (tertiary alicyclic amines) is 1. The molecule has 222 valence electrons. The lowest BCUT2D eigenvalue weighted by Crippen LogP contribution is -2.78. The minimum absolute atomic E-state index is 0.123. The van der Waals surface area contributed by atoms with E-state index in [9.17, 15) is 9.18 Å². The maximum Gasteiger partial charge on any atom is 0.252 e. The smallest absolute Gasteiger partial charge is 0.252 e. The number of benzene rings is 2. The number of piperidine rings is 1. The van der Waals surface area contributed by atoms with Crippen molar-refractivity contribution in [1.29, 1.82) is 0 Å². The molecule has 0 aromatic heterocycles. The zero-order chi connectivity index (χ0) is 29.0. The van der Waals surface area contributed by atoms with Crippen molar-refractivity contribution >= 4 is 5.91 Å². The summed E-state index contributed by atoms with van der Waals surface area (Å²) >= 11 is 0. The van der Waals surface area contributed by atoms with Crippen LogP contribution < -0.4 is 14.2 Å². The summed E-state index contributed by atoms with van der Waals surface area (Å²) in [6.07, 6.45) is 8.11. The SMILES string of the molecule is COc1ccc(F)c(CN(C)C(=O)C2=C[C@@]34CC[C@]2(OC)[C@@H]2Oc5c(OC)ccc6c5[C@@]23CCN(CC2CC2)[C@@H]4C6)c1. The van der Waals surface area contributed by atoms with Crippen LogP contribution in [0, 0.1) is 17.2 Å². The summed E-state index contributed by atoms with van der Waals surface area (Å²) in [6.45, 7) is 2.26. The van der Waals surface area contributed by atoms with Crippen LogP contribution in [0.25, 0.3) is 0 Å². The highest BCUT2D eigenvalue weighted by molar-refractivity contribution is 5.97. The summed E-state index contributed by atoms with van der Waals surface area (Å²) in [6, 6.07) is 9.20. The molecule has 3 fully saturated rings. The van der Waals surface area contributed by atoms with Gasteiger partial charge in [-0.2, -0.15) is 0 Å². The van der Waals surface area contributed by atoms with Crippen molar-refractivity contribution in [1.82, 2.24) is 9.80 Å². The summed E-state index contributed by atoms with van der Waals surface area (Å²) in [5.74, 6) is 2.41. The molecular weight excluding hydrogens is 535 g/mol. The van der Waals surface area contributed by atoms with Gasteiger partial charge in [0.2, 0.25) is 0 Å². The number of likely N-dealkylation sites (N-methyl/N-ethyl adjacent to an activating group) is 1. The van der Waals surface area contributed by atoms with Gasteiger partial charge in [0.1, 0.15) is 23.3 Å². The van der Waals surface area contributed by atoms with Crippen molar-refractivity contribution in [3.05, 3.63) is 64.5 Å². The van der Waals surface area contributed by atoms with E-state index in [1.165, 1.54) is 30.0 Å². The predicted octanol–water partition coefficient (Wildman–Crippen LogP) is 4.65.